The second kappa shape index (κ2) is 8.24. The van der Waals surface area contributed by atoms with Gasteiger partial charge in [0.15, 0.2) is 0 Å². The molecular formula is C18H24F3N3O2. The van der Waals surface area contributed by atoms with E-state index < -0.39 is 11.7 Å². The SMILES string of the molecule is O=C(CC1CCN(c2ccc(C(F)(F)F)cn2)CC1)NC1CCOCC1. The predicted octanol–water partition coefficient (Wildman–Crippen LogP) is 3.00. The summed E-state index contributed by atoms with van der Waals surface area (Å²) in [6.07, 6.45) is 0.423. The zero-order valence-electron chi connectivity index (χ0n) is 14.6. The highest BCUT2D eigenvalue weighted by Gasteiger charge is 2.31. The molecule has 0 radical (unpaired) electrons. The van der Waals surface area contributed by atoms with Gasteiger partial charge >= 0.3 is 6.18 Å². The summed E-state index contributed by atoms with van der Waals surface area (Å²) in [6.45, 7) is 2.80. The molecule has 26 heavy (non-hydrogen) atoms. The molecule has 0 spiro atoms. The van der Waals surface area contributed by atoms with Gasteiger partial charge in [0.1, 0.15) is 5.82 Å². The fourth-order valence-electron chi connectivity index (χ4n) is 3.50. The summed E-state index contributed by atoms with van der Waals surface area (Å²) in [7, 11) is 0. The molecular weight excluding hydrogens is 347 g/mol. The number of amides is 1. The largest absolute Gasteiger partial charge is 0.417 e. The molecule has 0 aliphatic carbocycles. The Kier molecular flexibility index (Phi) is 6.01. The number of hydrogen-bond acceptors (Lipinski definition) is 4. The number of nitrogens with zero attached hydrogens (tertiary/aromatic N) is 2. The zero-order chi connectivity index (χ0) is 18.6. The van der Waals surface area contributed by atoms with Gasteiger partial charge in [0, 0.05) is 45.0 Å². The number of aromatic nitrogens is 1. The molecule has 1 amide bonds. The first-order valence-electron chi connectivity index (χ1n) is 9.07. The van der Waals surface area contributed by atoms with Crippen LogP contribution in [-0.2, 0) is 15.7 Å². The normalized spacial score (nSPS) is 20.2. The van der Waals surface area contributed by atoms with Gasteiger partial charge in [0.05, 0.1) is 5.56 Å². The quantitative estimate of drug-likeness (QED) is 0.884. The van der Waals surface area contributed by atoms with Crippen LogP contribution in [0.15, 0.2) is 18.3 Å². The van der Waals surface area contributed by atoms with E-state index in [9.17, 15) is 18.0 Å². The third-order valence-electron chi connectivity index (χ3n) is 5.07. The lowest BCUT2D eigenvalue weighted by molar-refractivity contribution is -0.137. The molecule has 0 aromatic carbocycles. The van der Waals surface area contributed by atoms with Crippen LogP contribution in [0.4, 0.5) is 19.0 Å². The summed E-state index contributed by atoms with van der Waals surface area (Å²) in [5, 5.41) is 3.08. The average molecular weight is 371 g/mol. The average Bonchev–Trinajstić information content (AvgIpc) is 2.62. The Hall–Kier alpha value is -1.83. The molecule has 8 heteroatoms. The summed E-state index contributed by atoms with van der Waals surface area (Å²) >= 11 is 0. The fraction of sp³-hybridized carbons (Fsp3) is 0.667. The van der Waals surface area contributed by atoms with Crippen LogP contribution in [0.1, 0.15) is 37.7 Å². The van der Waals surface area contributed by atoms with E-state index in [1.807, 2.05) is 4.90 Å². The van der Waals surface area contributed by atoms with Crippen molar-refractivity contribution >= 4 is 11.7 Å². The van der Waals surface area contributed by atoms with Crippen LogP contribution < -0.4 is 10.2 Å². The summed E-state index contributed by atoms with van der Waals surface area (Å²) in [6, 6.07) is 2.70. The Bertz CT molecular complexity index is 593. The lowest BCUT2D eigenvalue weighted by Gasteiger charge is -2.33. The molecule has 2 saturated heterocycles. The first kappa shape index (κ1) is 18.9. The number of anilines is 1. The van der Waals surface area contributed by atoms with Gasteiger partial charge in [0.25, 0.3) is 0 Å². The van der Waals surface area contributed by atoms with Gasteiger partial charge in [-0.1, -0.05) is 0 Å². The van der Waals surface area contributed by atoms with Crippen molar-refractivity contribution < 1.29 is 22.7 Å². The number of piperidine rings is 1. The lowest BCUT2D eigenvalue weighted by Crippen LogP contribution is -2.41. The molecule has 5 nitrogen and oxygen atoms in total. The first-order chi connectivity index (χ1) is 12.4. The number of ether oxygens (including phenoxy) is 1. The lowest BCUT2D eigenvalue weighted by atomic mass is 9.93. The van der Waals surface area contributed by atoms with Crippen molar-refractivity contribution in [2.24, 2.45) is 5.92 Å². The van der Waals surface area contributed by atoms with Crippen molar-refractivity contribution in [3.63, 3.8) is 0 Å². The van der Waals surface area contributed by atoms with Crippen LogP contribution >= 0.6 is 0 Å². The maximum absolute atomic E-state index is 12.6. The van der Waals surface area contributed by atoms with Gasteiger partial charge in [-0.3, -0.25) is 4.79 Å². The van der Waals surface area contributed by atoms with Gasteiger partial charge < -0.3 is 15.0 Å². The Balaban J connectivity index is 1.44. The maximum Gasteiger partial charge on any atom is 0.417 e. The van der Waals surface area contributed by atoms with Crippen molar-refractivity contribution in [1.29, 1.82) is 0 Å². The van der Waals surface area contributed by atoms with Crippen molar-refractivity contribution in [2.75, 3.05) is 31.2 Å². The van der Waals surface area contributed by atoms with E-state index >= 15 is 0 Å². The molecule has 0 unspecified atom stereocenters. The van der Waals surface area contributed by atoms with Crippen LogP contribution in [0.3, 0.4) is 0 Å². The van der Waals surface area contributed by atoms with E-state index in [0.29, 0.717) is 44.5 Å². The van der Waals surface area contributed by atoms with Gasteiger partial charge in [0.2, 0.25) is 5.91 Å². The molecule has 2 aliphatic rings. The molecule has 1 aromatic rings. The topological polar surface area (TPSA) is 54.5 Å². The second-order valence-corrected chi connectivity index (χ2v) is 6.99. The van der Waals surface area contributed by atoms with Gasteiger partial charge in [-0.15, -0.1) is 0 Å². The van der Waals surface area contributed by atoms with Crippen LogP contribution in [-0.4, -0.2) is 43.2 Å². The highest BCUT2D eigenvalue weighted by Crippen LogP contribution is 2.30. The summed E-state index contributed by atoms with van der Waals surface area (Å²) in [5.41, 5.74) is -0.735. The maximum atomic E-state index is 12.6. The zero-order valence-corrected chi connectivity index (χ0v) is 14.6. The molecule has 3 rings (SSSR count). The van der Waals surface area contributed by atoms with Crippen molar-refractivity contribution in [3.05, 3.63) is 23.9 Å². The number of rotatable bonds is 4. The number of pyridine rings is 1. The molecule has 2 aliphatic heterocycles. The van der Waals surface area contributed by atoms with E-state index in [2.05, 4.69) is 10.3 Å². The van der Waals surface area contributed by atoms with Crippen LogP contribution in [0, 0.1) is 5.92 Å². The predicted molar refractivity (Wildman–Crippen MR) is 90.8 cm³/mol. The van der Waals surface area contributed by atoms with E-state index in [1.54, 1.807) is 0 Å². The molecule has 2 fully saturated rings. The van der Waals surface area contributed by atoms with E-state index in [-0.39, 0.29) is 11.9 Å². The molecule has 0 bridgehead atoms. The Labute approximate surface area is 150 Å². The summed E-state index contributed by atoms with van der Waals surface area (Å²) < 4.78 is 43.1. The fourth-order valence-corrected chi connectivity index (χ4v) is 3.50. The molecule has 0 atom stereocenters. The molecule has 0 saturated carbocycles. The third-order valence-corrected chi connectivity index (χ3v) is 5.07. The summed E-state index contributed by atoms with van der Waals surface area (Å²) in [4.78, 5) is 18.1. The molecule has 144 valence electrons. The smallest absolute Gasteiger partial charge is 0.381 e. The number of hydrogen-bond donors (Lipinski definition) is 1. The number of nitrogens with one attached hydrogen (secondary N) is 1. The minimum absolute atomic E-state index is 0.0861. The first-order valence-corrected chi connectivity index (χ1v) is 9.07. The molecule has 1 N–H and O–H groups in total. The monoisotopic (exact) mass is 371 g/mol. The van der Waals surface area contributed by atoms with Crippen molar-refractivity contribution in [3.8, 4) is 0 Å². The minimum atomic E-state index is -4.36. The highest BCUT2D eigenvalue weighted by molar-refractivity contribution is 5.76. The minimum Gasteiger partial charge on any atom is -0.381 e. The molecule has 3 heterocycles. The number of alkyl halides is 3. The summed E-state index contributed by atoms with van der Waals surface area (Å²) in [5.74, 6) is 0.951. The van der Waals surface area contributed by atoms with Gasteiger partial charge in [-0.2, -0.15) is 13.2 Å². The van der Waals surface area contributed by atoms with Gasteiger partial charge in [-0.25, -0.2) is 4.98 Å². The Morgan fingerprint density at radius 2 is 1.88 bits per heavy atom. The van der Waals surface area contributed by atoms with Crippen LogP contribution in [0.2, 0.25) is 0 Å². The van der Waals surface area contributed by atoms with E-state index in [1.165, 1.54) is 6.07 Å². The standard InChI is InChI=1S/C18H24F3N3O2/c19-18(20,21)14-1-2-16(22-12-14)24-7-3-13(4-8-24)11-17(25)23-15-5-9-26-10-6-15/h1-2,12-13,15H,3-11H2,(H,23,25). The van der Waals surface area contributed by atoms with Crippen molar-refractivity contribution in [1.82, 2.24) is 10.3 Å². The van der Waals surface area contributed by atoms with E-state index in [0.717, 1.165) is 37.9 Å². The third kappa shape index (κ3) is 5.09. The highest BCUT2D eigenvalue weighted by atomic mass is 19.4. The van der Waals surface area contributed by atoms with Crippen LogP contribution in [0.25, 0.3) is 0 Å². The Morgan fingerprint density at radius 1 is 1.19 bits per heavy atom. The Morgan fingerprint density at radius 3 is 2.46 bits per heavy atom. The second-order valence-electron chi connectivity index (χ2n) is 6.99. The van der Waals surface area contributed by atoms with Gasteiger partial charge in [-0.05, 0) is 43.7 Å². The van der Waals surface area contributed by atoms with Crippen LogP contribution in [0.5, 0.6) is 0 Å². The van der Waals surface area contributed by atoms with E-state index in [4.69, 9.17) is 4.74 Å². The molecule has 1 aromatic heterocycles. The number of carbonyl (C=O) groups excluding carboxylic acids is 1. The van der Waals surface area contributed by atoms with Crippen molar-refractivity contribution in [2.45, 2.75) is 44.3 Å². The number of carbonyl (C=O) groups is 1. The number of halogens is 3.